The zero-order valence-corrected chi connectivity index (χ0v) is 15.2. The van der Waals surface area contributed by atoms with E-state index in [0.29, 0.717) is 12.2 Å². The number of carbonyl (C=O) groups is 1. The molecule has 0 radical (unpaired) electrons. The summed E-state index contributed by atoms with van der Waals surface area (Å²) >= 11 is 0. The number of sulfone groups is 1. The molecule has 9 heteroatoms. The fourth-order valence-electron chi connectivity index (χ4n) is 2.58. The van der Waals surface area contributed by atoms with Gasteiger partial charge in [-0.1, -0.05) is 0 Å². The van der Waals surface area contributed by atoms with Crippen LogP contribution < -0.4 is 5.32 Å². The average molecular weight is 355 g/mol. The first-order valence-corrected chi connectivity index (χ1v) is 9.80. The summed E-state index contributed by atoms with van der Waals surface area (Å²) in [5, 5.41) is 11.1. The van der Waals surface area contributed by atoms with E-state index in [4.69, 9.17) is 0 Å². The maximum Gasteiger partial charge on any atom is 0.274 e. The van der Waals surface area contributed by atoms with Crippen LogP contribution in [0.2, 0.25) is 0 Å². The van der Waals surface area contributed by atoms with Crippen LogP contribution >= 0.6 is 0 Å². The topological polar surface area (TPSA) is 95.5 Å². The predicted molar refractivity (Wildman–Crippen MR) is 92.8 cm³/mol. The summed E-state index contributed by atoms with van der Waals surface area (Å²) in [6.07, 6.45) is 1.46. The first kappa shape index (κ1) is 18.6. The van der Waals surface area contributed by atoms with E-state index < -0.39 is 9.84 Å². The van der Waals surface area contributed by atoms with Crippen LogP contribution in [0.25, 0.3) is 0 Å². The summed E-state index contributed by atoms with van der Waals surface area (Å²) in [6, 6.07) is 3.05. The molecule has 1 atom stereocenters. The molecule has 1 unspecified atom stereocenters. The fourth-order valence-corrected chi connectivity index (χ4v) is 4.35. The number of amides is 1. The lowest BCUT2D eigenvalue weighted by molar-refractivity contribution is 0.0740. The Labute approximate surface area is 143 Å². The van der Waals surface area contributed by atoms with Gasteiger partial charge >= 0.3 is 0 Å². The van der Waals surface area contributed by atoms with Gasteiger partial charge in [-0.15, -0.1) is 10.2 Å². The average Bonchev–Trinajstić information content (AvgIpc) is 2.90. The van der Waals surface area contributed by atoms with Crippen molar-refractivity contribution in [3.63, 3.8) is 0 Å². The van der Waals surface area contributed by atoms with E-state index in [2.05, 4.69) is 20.4 Å². The Morgan fingerprint density at radius 1 is 1.29 bits per heavy atom. The van der Waals surface area contributed by atoms with Gasteiger partial charge in [0.1, 0.15) is 5.82 Å². The molecular formula is C15H25N5O3S. The Kier molecular flexibility index (Phi) is 6.11. The van der Waals surface area contributed by atoms with Gasteiger partial charge in [0, 0.05) is 19.6 Å². The number of hydrogen-bond donors (Lipinski definition) is 1. The lowest BCUT2D eigenvalue weighted by Crippen LogP contribution is -2.38. The number of nitrogens with zero attached hydrogens (tertiary/aromatic N) is 4. The Morgan fingerprint density at radius 3 is 2.58 bits per heavy atom. The lowest BCUT2D eigenvalue weighted by atomic mass is 10.2. The van der Waals surface area contributed by atoms with Gasteiger partial charge in [0.15, 0.2) is 15.5 Å². The summed E-state index contributed by atoms with van der Waals surface area (Å²) in [4.78, 5) is 16.0. The third-order valence-corrected chi connectivity index (χ3v) is 5.80. The van der Waals surface area contributed by atoms with E-state index in [1.54, 1.807) is 19.2 Å². The van der Waals surface area contributed by atoms with Crippen LogP contribution in [0.15, 0.2) is 12.1 Å². The van der Waals surface area contributed by atoms with Crippen LogP contribution in [0.5, 0.6) is 0 Å². The Balaban J connectivity index is 1.89. The van der Waals surface area contributed by atoms with Gasteiger partial charge < -0.3 is 15.1 Å². The number of aromatic nitrogens is 2. The standard InChI is InChI=1S/C15H25N5O3S/c1-19(2)9-4-8-16-14-6-5-13(17-18-14)15(21)20(3)12-7-10-24(22,23)11-12/h5-6,12H,4,7-11H2,1-3H3,(H,16,18). The van der Waals surface area contributed by atoms with Gasteiger partial charge in [-0.05, 0) is 45.6 Å². The predicted octanol–water partition coefficient (Wildman–Crippen LogP) is 0.0993. The Bertz CT molecular complexity index is 660. The fraction of sp³-hybridized carbons (Fsp3) is 0.667. The third-order valence-electron chi connectivity index (χ3n) is 4.05. The summed E-state index contributed by atoms with van der Waals surface area (Å²) in [5.74, 6) is 0.477. The van der Waals surface area contributed by atoms with Crippen LogP contribution in [0.3, 0.4) is 0 Å². The second-order valence-corrected chi connectivity index (χ2v) is 8.59. The van der Waals surface area contributed by atoms with E-state index in [1.807, 2.05) is 14.1 Å². The number of nitrogens with one attached hydrogen (secondary N) is 1. The Morgan fingerprint density at radius 2 is 2.04 bits per heavy atom. The van der Waals surface area contributed by atoms with E-state index in [-0.39, 0.29) is 29.1 Å². The van der Waals surface area contributed by atoms with Crippen molar-refractivity contribution >= 4 is 21.6 Å². The smallest absolute Gasteiger partial charge is 0.274 e. The second kappa shape index (κ2) is 7.89. The molecule has 0 aliphatic carbocycles. The molecule has 1 aromatic heterocycles. The van der Waals surface area contributed by atoms with Gasteiger partial charge in [-0.3, -0.25) is 4.79 Å². The van der Waals surface area contributed by atoms with Crippen LogP contribution in [0, 0.1) is 0 Å². The minimum atomic E-state index is -3.03. The SMILES string of the molecule is CN(C)CCCNc1ccc(C(=O)N(C)C2CCS(=O)(=O)C2)nn1. The number of rotatable bonds is 7. The zero-order chi connectivity index (χ0) is 17.7. The van der Waals surface area contributed by atoms with Crippen molar-refractivity contribution in [2.75, 3.05) is 51.1 Å². The number of hydrogen-bond acceptors (Lipinski definition) is 7. The maximum atomic E-state index is 12.4. The molecule has 0 saturated carbocycles. The quantitative estimate of drug-likeness (QED) is 0.693. The highest BCUT2D eigenvalue weighted by Gasteiger charge is 2.33. The first-order valence-electron chi connectivity index (χ1n) is 7.98. The van der Waals surface area contributed by atoms with Crippen molar-refractivity contribution in [1.29, 1.82) is 0 Å². The van der Waals surface area contributed by atoms with Gasteiger partial charge in [-0.25, -0.2) is 8.42 Å². The van der Waals surface area contributed by atoms with E-state index in [0.717, 1.165) is 19.5 Å². The van der Waals surface area contributed by atoms with Crippen LogP contribution in [-0.4, -0.2) is 86.1 Å². The highest BCUT2D eigenvalue weighted by molar-refractivity contribution is 7.91. The molecule has 0 bridgehead atoms. The monoisotopic (exact) mass is 355 g/mol. The lowest BCUT2D eigenvalue weighted by Gasteiger charge is -2.22. The Hall–Kier alpha value is -1.74. The molecule has 2 heterocycles. The van der Waals surface area contributed by atoms with Crippen molar-refractivity contribution in [3.8, 4) is 0 Å². The largest absolute Gasteiger partial charge is 0.369 e. The number of carbonyl (C=O) groups excluding carboxylic acids is 1. The summed E-state index contributed by atoms with van der Waals surface area (Å²) in [7, 11) is 2.63. The van der Waals surface area contributed by atoms with Crippen molar-refractivity contribution in [1.82, 2.24) is 20.0 Å². The van der Waals surface area contributed by atoms with E-state index in [9.17, 15) is 13.2 Å². The maximum absolute atomic E-state index is 12.4. The van der Waals surface area contributed by atoms with Crippen molar-refractivity contribution < 1.29 is 13.2 Å². The second-order valence-electron chi connectivity index (χ2n) is 6.36. The molecule has 1 aliphatic rings. The molecule has 134 valence electrons. The molecule has 1 aliphatic heterocycles. The van der Waals surface area contributed by atoms with Crippen molar-refractivity contribution in [3.05, 3.63) is 17.8 Å². The van der Waals surface area contributed by atoms with E-state index in [1.165, 1.54) is 4.90 Å². The highest BCUT2D eigenvalue weighted by atomic mass is 32.2. The van der Waals surface area contributed by atoms with Crippen LogP contribution in [0.4, 0.5) is 5.82 Å². The molecule has 8 nitrogen and oxygen atoms in total. The first-order chi connectivity index (χ1) is 11.3. The van der Waals surface area contributed by atoms with Gasteiger partial charge in [-0.2, -0.15) is 0 Å². The summed E-state index contributed by atoms with van der Waals surface area (Å²) < 4.78 is 23.1. The number of anilines is 1. The molecule has 1 amide bonds. The molecule has 1 N–H and O–H groups in total. The molecule has 0 spiro atoms. The third kappa shape index (κ3) is 5.13. The highest BCUT2D eigenvalue weighted by Crippen LogP contribution is 2.18. The van der Waals surface area contributed by atoms with Gasteiger partial charge in [0.05, 0.1) is 11.5 Å². The molecule has 1 aromatic rings. The zero-order valence-electron chi connectivity index (χ0n) is 14.4. The molecule has 1 fully saturated rings. The molecule has 2 rings (SSSR count). The normalized spacial score (nSPS) is 19.4. The van der Waals surface area contributed by atoms with Gasteiger partial charge in [0.25, 0.3) is 5.91 Å². The summed E-state index contributed by atoms with van der Waals surface area (Å²) in [5.41, 5.74) is 0.223. The minimum Gasteiger partial charge on any atom is -0.369 e. The molecular weight excluding hydrogens is 330 g/mol. The van der Waals surface area contributed by atoms with E-state index >= 15 is 0 Å². The van der Waals surface area contributed by atoms with Gasteiger partial charge in [0.2, 0.25) is 0 Å². The molecule has 24 heavy (non-hydrogen) atoms. The summed E-state index contributed by atoms with van der Waals surface area (Å²) in [6.45, 7) is 1.76. The van der Waals surface area contributed by atoms with Crippen molar-refractivity contribution in [2.24, 2.45) is 0 Å². The molecule has 0 aromatic carbocycles. The van der Waals surface area contributed by atoms with Crippen molar-refractivity contribution in [2.45, 2.75) is 18.9 Å². The van der Waals surface area contributed by atoms with Crippen LogP contribution in [-0.2, 0) is 9.84 Å². The minimum absolute atomic E-state index is 0.0220. The molecule has 1 saturated heterocycles. The van der Waals surface area contributed by atoms with Crippen LogP contribution in [0.1, 0.15) is 23.3 Å².